The quantitative estimate of drug-likeness (QED) is 0.757. The minimum absolute atomic E-state index is 0.129. The van der Waals surface area contributed by atoms with E-state index in [0.29, 0.717) is 37.6 Å². The molecule has 0 spiro atoms. The molecular weight excluding hydrogens is 272 g/mol. The Labute approximate surface area is 122 Å². The fraction of sp³-hybridized carbons (Fsp3) is 0.385. The van der Waals surface area contributed by atoms with Gasteiger partial charge in [-0.3, -0.25) is 15.0 Å². The summed E-state index contributed by atoms with van der Waals surface area (Å²) in [5.41, 5.74) is 5.43. The summed E-state index contributed by atoms with van der Waals surface area (Å²) in [4.78, 5) is 30.2. The number of rotatable bonds is 3. The summed E-state index contributed by atoms with van der Waals surface area (Å²) in [5.74, 6) is 0.257. The molecule has 0 aromatic carbocycles. The molecule has 3 N–H and O–H groups in total. The highest BCUT2D eigenvalue weighted by Crippen LogP contribution is 2.17. The van der Waals surface area contributed by atoms with Gasteiger partial charge in [0.2, 0.25) is 5.91 Å². The summed E-state index contributed by atoms with van der Waals surface area (Å²) < 4.78 is 0. The van der Waals surface area contributed by atoms with Crippen molar-refractivity contribution in [2.45, 2.75) is 0 Å². The number of nitrogens with one attached hydrogen (secondary N) is 1. The Bertz CT molecular complexity index is 574. The molecule has 2 rings (SSSR count). The lowest BCUT2D eigenvalue weighted by atomic mass is 10.2. The first-order valence-electron chi connectivity index (χ1n) is 6.52. The van der Waals surface area contributed by atoms with Crippen LogP contribution in [0.2, 0.25) is 0 Å². The number of amides is 3. The number of carbonyl (C=O) groups excluding carboxylic acids is 2. The number of anilines is 1. The molecule has 1 saturated heterocycles. The van der Waals surface area contributed by atoms with Gasteiger partial charge in [0.25, 0.3) is 0 Å². The van der Waals surface area contributed by atoms with Crippen molar-refractivity contribution in [3.05, 3.63) is 23.9 Å². The second-order valence-corrected chi connectivity index (χ2v) is 4.66. The zero-order valence-corrected chi connectivity index (χ0v) is 11.5. The number of carbonyl (C=O) groups is 2. The molecule has 0 atom stereocenters. The first-order chi connectivity index (χ1) is 10.1. The van der Waals surface area contributed by atoms with Crippen molar-refractivity contribution in [2.75, 3.05) is 37.6 Å². The van der Waals surface area contributed by atoms with E-state index in [2.05, 4.69) is 11.1 Å². The minimum atomic E-state index is -0.842. The molecule has 0 aliphatic carbocycles. The Morgan fingerprint density at radius 3 is 2.71 bits per heavy atom. The third-order valence-electron chi connectivity index (χ3n) is 3.21. The number of imide groups is 1. The number of hydrogen-bond donors (Lipinski definition) is 2. The number of nitrogens with zero attached hydrogens (tertiary/aromatic N) is 4. The predicted octanol–water partition coefficient (Wildman–Crippen LogP) is -0.730. The van der Waals surface area contributed by atoms with E-state index in [1.807, 2.05) is 15.1 Å². The van der Waals surface area contributed by atoms with Gasteiger partial charge in [0, 0.05) is 32.4 Å². The molecule has 1 aromatic rings. The Kier molecular flexibility index (Phi) is 4.68. The number of pyridine rings is 1. The molecule has 8 heteroatoms. The van der Waals surface area contributed by atoms with Crippen LogP contribution in [0.4, 0.5) is 10.6 Å². The van der Waals surface area contributed by atoms with E-state index in [0.717, 1.165) is 0 Å². The van der Waals surface area contributed by atoms with Crippen molar-refractivity contribution < 1.29 is 9.59 Å². The molecule has 1 fully saturated rings. The second-order valence-electron chi connectivity index (χ2n) is 4.66. The van der Waals surface area contributed by atoms with Gasteiger partial charge >= 0.3 is 6.03 Å². The topological polar surface area (TPSA) is 115 Å². The molecule has 1 aliphatic rings. The van der Waals surface area contributed by atoms with Crippen LogP contribution >= 0.6 is 0 Å². The molecule has 21 heavy (non-hydrogen) atoms. The third kappa shape index (κ3) is 3.90. The summed E-state index contributed by atoms with van der Waals surface area (Å²) in [6.45, 7) is 2.75. The van der Waals surface area contributed by atoms with Gasteiger partial charge in [0.15, 0.2) is 0 Å². The number of piperazine rings is 1. The molecule has 0 saturated carbocycles. The highest BCUT2D eigenvalue weighted by molar-refractivity contribution is 5.94. The molecule has 1 aliphatic heterocycles. The first kappa shape index (κ1) is 14.7. The van der Waals surface area contributed by atoms with Crippen LogP contribution in [0.25, 0.3) is 0 Å². The zero-order valence-electron chi connectivity index (χ0n) is 11.5. The number of nitriles is 1. The normalized spacial score (nSPS) is 15.3. The van der Waals surface area contributed by atoms with Crippen LogP contribution in [0.5, 0.6) is 0 Å². The Morgan fingerprint density at radius 1 is 1.38 bits per heavy atom. The van der Waals surface area contributed by atoms with Crippen molar-refractivity contribution >= 4 is 17.8 Å². The molecule has 1 aromatic heterocycles. The van der Waals surface area contributed by atoms with E-state index in [1.165, 1.54) is 0 Å². The fourth-order valence-electron chi connectivity index (χ4n) is 2.23. The van der Waals surface area contributed by atoms with Gasteiger partial charge < -0.3 is 10.6 Å². The number of primary amides is 1. The van der Waals surface area contributed by atoms with Crippen molar-refractivity contribution in [2.24, 2.45) is 5.73 Å². The average molecular weight is 288 g/mol. The lowest BCUT2D eigenvalue weighted by Gasteiger charge is -2.35. The molecule has 0 bridgehead atoms. The Balaban J connectivity index is 1.90. The molecule has 0 unspecified atom stereocenters. The summed E-state index contributed by atoms with van der Waals surface area (Å²) in [6.07, 6.45) is 1.66. The van der Waals surface area contributed by atoms with E-state index in [9.17, 15) is 9.59 Å². The summed E-state index contributed by atoms with van der Waals surface area (Å²) >= 11 is 0. The van der Waals surface area contributed by atoms with Crippen LogP contribution in [-0.2, 0) is 4.79 Å². The average Bonchev–Trinajstić information content (AvgIpc) is 2.47. The number of aromatic nitrogens is 1. The summed E-state index contributed by atoms with van der Waals surface area (Å²) in [5, 5.41) is 11.1. The lowest BCUT2D eigenvalue weighted by Crippen LogP contribution is -2.50. The Hall–Kier alpha value is -2.66. The van der Waals surface area contributed by atoms with E-state index in [4.69, 9.17) is 11.0 Å². The first-order valence-corrected chi connectivity index (χ1v) is 6.52. The predicted molar refractivity (Wildman–Crippen MR) is 75.3 cm³/mol. The van der Waals surface area contributed by atoms with E-state index < -0.39 is 11.9 Å². The van der Waals surface area contributed by atoms with Crippen LogP contribution in [0.3, 0.4) is 0 Å². The number of nitrogens with two attached hydrogens (primary N) is 1. The lowest BCUT2D eigenvalue weighted by molar-refractivity contribution is -0.121. The zero-order chi connectivity index (χ0) is 15.2. The molecular formula is C13H16N6O2. The van der Waals surface area contributed by atoms with Gasteiger partial charge in [-0.2, -0.15) is 5.26 Å². The summed E-state index contributed by atoms with van der Waals surface area (Å²) in [6, 6.07) is 4.74. The monoisotopic (exact) mass is 288 g/mol. The second kappa shape index (κ2) is 6.67. The van der Waals surface area contributed by atoms with Crippen molar-refractivity contribution in [1.82, 2.24) is 15.2 Å². The van der Waals surface area contributed by atoms with Crippen LogP contribution in [0, 0.1) is 11.3 Å². The van der Waals surface area contributed by atoms with E-state index in [-0.39, 0.29) is 6.54 Å². The molecule has 3 amide bonds. The Morgan fingerprint density at radius 2 is 2.10 bits per heavy atom. The van der Waals surface area contributed by atoms with Crippen molar-refractivity contribution in [3.8, 4) is 6.07 Å². The summed E-state index contributed by atoms with van der Waals surface area (Å²) in [7, 11) is 0. The van der Waals surface area contributed by atoms with Gasteiger partial charge in [0.05, 0.1) is 12.1 Å². The maximum Gasteiger partial charge on any atom is 0.318 e. The van der Waals surface area contributed by atoms with Gasteiger partial charge in [-0.25, -0.2) is 9.78 Å². The minimum Gasteiger partial charge on any atom is -0.353 e. The smallest absolute Gasteiger partial charge is 0.318 e. The standard InChI is InChI=1S/C13H16N6O2/c14-8-10-2-1-3-16-12(10)19-6-4-18(5-7-19)9-11(20)17-13(15)21/h1-3H,4-7,9H2,(H3,15,17,20,21). The SMILES string of the molecule is N#Cc1cccnc1N1CCN(CC(=O)NC(N)=O)CC1. The highest BCUT2D eigenvalue weighted by Gasteiger charge is 2.21. The fourth-order valence-corrected chi connectivity index (χ4v) is 2.23. The van der Waals surface area contributed by atoms with Crippen LogP contribution in [0.1, 0.15) is 5.56 Å². The molecule has 0 radical (unpaired) electrons. The molecule has 2 heterocycles. The highest BCUT2D eigenvalue weighted by atomic mass is 16.2. The largest absolute Gasteiger partial charge is 0.353 e. The van der Waals surface area contributed by atoms with Gasteiger partial charge in [-0.05, 0) is 12.1 Å². The van der Waals surface area contributed by atoms with Gasteiger partial charge in [-0.1, -0.05) is 0 Å². The van der Waals surface area contributed by atoms with Gasteiger partial charge in [-0.15, -0.1) is 0 Å². The van der Waals surface area contributed by atoms with E-state index in [1.54, 1.807) is 18.3 Å². The third-order valence-corrected chi connectivity index (χ3v) is 3.21. The van der Waals surface area contributed by atoms with Crippen LogP contribution < -0.4 is 16.0 Å². The number of hydrogen-bond acceptors (Lipinski definition) is 6. The van der Waals surface area contributed by atoms with E-state index >= 15 is 0 Å². The maximum atomic E-state index is 11.5. The van der Waals surface area contributed by atoms with Crippen molar-refractivity contribution in [1.29, 1.82) is 5.26 Å². The van der Waals surface area contributed by atoms with Crippen molar-refractivity contribution in [3.63, 3.8) is 0 Å². The van der Waals surface area contributed by atoms with Crippen LogP contribution in [-0.4, -0.2) is 54.5 Å². The van der Waals surface area contributed by atoms with Gasteiger partial charge in [0.1, 0.15) is 11.9 Å². The maximum absolute atomic E-state index is 11.5. The molecule has 110 valence electrons. The molecule has 8 nitrogen and oxygen atoms in total. The van der Waals surface area contributed by atoms with Crippen LogP contribution in [0.15, 0.2) is 18.3 Å². The number of urea groups is 1.